The van der Waals surface area contributed by atoms with Crippen molar-refractivity contribution in [3.05, 3.63) is 60.3 Å². The summed E-state index contributed by atoms with van der Waals surface area (Å²) in [5.41, 5.74) is 2.71. The zero-order valence-electron chi connectivity index (χ0n) is 12.1. The number of aromatic amines is 1. The van der Waals surface area contributed by atoms with Crippen LogP contribution in [-0.4, -0.2) is 38.8 Å². The van der Waals surface area contributed by atoms with Crippen molar-refractivity contribution in [2.24, 2.45) is 5.92 Å². The lowest BCUT2D eigenvalue weighted by Gasteiger charge is -2.39. The minimum absolute atomic E-state index is 0.0166. The summed E-state index contributed by atoms with van der Waals surface area (Å²) >= 11 is 0. The summed E-state index contributed by atoms with van der Waals surface area (Å²) in [6, 6.07) is 9.48. The van der Waals surface area contributed by atoms with Gasteiger partial charge >= 0.3 is 0 Å². The van der Waals surface area contributed by atoms with Crippen molar-refractivity contribution in [2.75, 3.05) is 13.1 Å². The number of rotatable bonds is 3. The largest absolute Gasteiger partial charge is 0.360 e. The first-order valence-corrected chi connectivity index (χ1v) is 7.42. The van der Waals surface area contributed by atoms with Crippen molar-refractivity contribution >= 4 is 16.8 Å². The lowest BCUT2D eigenvalue weighted by molar-refractivity contribution is 0.0494. The summed E-state index contributed by atoms with van der Waals surface area (Å²) in [4.78, 5) is 25.9. The van der Waals surface area contributed by atoms with Crippen LogP contribution < -0.4 is 0 Å². The monoisotopic (exact) mass is 292 g/mol. The number of nitrogens with one attached hydrogen (secondary N) is 1. The van der Waals surface area contributed by atoms with Crippen LogP contribution in [-0.2, 0) is 6.42 Å². The molecule has 5 nitrogen and oxygen atoms in total. The second kappa shape index (κ2) is 5.26. The Morgan fingerprint density at radius 1 is 1.18 bits per heavy atom. The minimum Gasteiger partial charge on any atom is -0.360 e. The van der Waals surface area contributed by atoms with E-state index in [4.69, 9.17) is 0 Å². The van der Waals surface area contributed by atoms with Gasteiger partial charge in [-0.15, -0.1) is 0 Å². The SMILES string of the molecule is O=C(c1ccccn1)N1CC(Cc2nccc3cc[nH]c23)C1. The molecule has 4 rings (SSSR count). The van der Waals surface area contributed by atoms with Gasteiger partial charge in [0.05, 0.1) is 11.2 Å². The van der Waals surface area contributed by atoms with Crippen LogP contribution in [0.1, 0.15) is 16.2 Å². The molecule has 0 radical (unpaired) electrons. The van der Waals surface area contributed by atoms with Crippen LogP contribution in [0.5, 0.6) is 0 Å². The minimum atomic E-state index is 0.0166. The van der Waals surface area contributed by atoms with Crippen LogP contribution in [0.3, 0.4) is 0 Å². The van der Waals surface area contributed by atoms with Crippen LogP contribution in [0.25, 0.3) is 10.9 Å². The van der Waals surface area contributed by atoms with Gasteiger partial charge in [-0.2, -0.15) is 0 Å². The normalized spacial score (nSPS) is 15.0. The first kappa shape index (κ1) is 13.0. The van der Waals surface area contributed by atoms with Crippen molar-refractivity contribution in [3.63, 3.8) is 0 Å². The zero-order chi connectivity index (χ0) is 14.9. The third kappa shape index (κ3) is 2.24. The Hall–Kier alpha value is -2.69. The molecule has 1 amide bonds. The predicted octanol–water partition coefficient (Wildman–Crippen LogP) is 2.27. The molecule has 3 aromatic heterocycles. The van der Waals surface area contributed by atoms with Crippen molar-refractivity contribution in [1.29, 1.82) is 0 Å². The van der Waals surface area contributed by atoms with Crippen LogP contribution in [0.2, 0.25) is 0 Å². The molecule has 0 bridgehead atoms. The summed E-state index contributed by atoms with van der Waals surface area (Å²) in [6.45, 7) is 1.54. The van der Waals surface area contributed by atoms with E-state index < -0.39 is 0 Å². The Balaban J connectivity index is 1.42. The molecule has 1 fully saturated rings. The zero-order valence-corrected chi connectivity index (χ0v) is 12.1. The number of pyridine rings is 2. The van der Waals surface area contributed by atoms with Crippen molar-refractivity contribution in [1.82, 2.24) is 19.9 Å². The van der Waals surface area contributed by atoms with E-state index in [1.807, 2.05) is 35.5 Å². The summed E-state index contributed by atoms with van der Waals surface area (Å²) < 4.78 is 0. The molecule has 1 saturated heterocycles. The van der Waals surface area contributed by atoms with Crippen molar-refractivity contribution in [2.45, 2.75) is 6.42 Å². The molecule has 110 valence electrons. The first-order chi connectivity index (χ1) is 10.8. The quantitative estimate of drug-likeness (QED) is 0.805. The standard InChI is InChI=1S/C17H16N4O/c22-17(14-3-1-2-6-18-14)21-10-12(11-21)9-15-16-13(4-7-19-15)5-8-20-16/h1-8,12,20H,9-11H2. The van der Waals surface area contributed by atoms with Gasteiger partial charge in [0.1, 0.15) is 5.69 Å². The Kier molecular flexibility index (Phi) is 3.11. The number of aromatic nitrogens is 3. The van der Waals surface area contributed by atoms with Gasteiger partial charge in [0.2, 0.25) is 0 Å². The Morgan fingerprint density at radius 3 is 2.91 bits per heavy atom. The average molecular weight is 292 g/mol. The number of amides is 1. The van der Waals surface area contributed by atoms with Crippen LogP contribution in [0.4, 0.5) is 0 Å². The van der Waals surface area contributed by atoms with Gasteiger partial charge in [0, 0.05) is 37.1 Å². The smallest absolute Gasteiger partial charge is 0.272 e. The number of hydrogen-bond acceptors (Lipinski definition) is 3. The molecule has 0 atom stereocenters. The average Bonchev–Trinajstić information content (AvgIpc) is 3.00. The molecule has 22 heavy (non-hydrogen) atoms. The fourth-order valence-corrected chi connectivity index (χ4v) is 2.99. The molecule has 0 aromatic carbocycles. The van der Waals surface area contributed by atoms with E-state index in [0.29, 0.717) is 11.6 Å². The third-order valence-corrected chi connectivity index (χ3v) is 4.16. The van der Waals surface area contributed by atoms with Gasteiger partial charge in [-0.05, 0) is 36.6 Å². The molecule has 4 heterocycles. The third-order valence-electron chi connectivity index (χ3n) is 4.16. The van der Waals surface area contributed by atoms with Gasteiger partial charge in [-0.3, -0.25) is 14.8 Å². The predicted molar refractivity (Wildman–Crippen MR) is 83.4 cm³/mol. The fourth-order valence-electron chi connectivity index (χ4n) is 2.99. The summed E-state index contributed by atoms with van der Waals surface area (Å²) in [5, 5.41) is 1.19. The molecule has 5 heteroatoms. The molecule has 0 unspecified atom stereocenters. The summed E-state index contributed by atoms with van der Waals surface area (Å²) in [6.07, 6.45) is 6.33. The molecule has 0 spiro atoms. The number of hydrogen-bond donors (Lipinski definition) is 1. The fraction of sp³-hybridized carbons (Fsp3) is 0.235. The van der Waals surface area contributed by atoms with E-state index in [-0.39, 0.29) is 5.91 Å². The second-order valence-corrected chi connectivity index (χ2v) is 5.69. The topological polar surface area (TPSA) is 61.9 Å². The molecule has 1 aliphatic rings. The number of H-pyrrole nitrogens is 1. The van der Waals surface area contributed by atoms with Crippen LogP contribution in [0, 0.1) is 5.92 Å². The molecule has 1 N–H and O–H groups in total. The maximum absolute atomic E-state index is 12.2. The Morgan fingerprint density at radius 2 is 2.09 bits per heavy atom. The highest BCUT2D eigenvalue weighted by Crippen LogP contribution is 2.24. The molecular weight excluding hydrogens is 276 g/mol. The van der Waals surface area contributed by atoms with Gasteiger partial charge in [0.25, 0.3) is 5.91 Å². The number of fused-ring (bicyclic) bond motifs is 1. The number of likely N-dealkylation sites (tertiary alicyclic amines) is 1. The summed E-state index contributed by atoms with van der Waals surface area (Å²) in [7, 11) is 0. The molecule has 0 aliphatic carbocycles. The van der Waals surface area contributed by atoms with E-state index in [1.165, 1.54) is 5.39 Å². The maximum Gasteiger partial charge on any atom is 0.272 e. The highest BCUT2D eigenvalue weighted by atomic mass is 16.2. The lowest BCUT2D eigenvalue weighted by Crippen LogP contribution is -2.51. The molecule has 1 aliphatic heterocycles. The highest BCUT2D eigenvalue weighted by molar-refractivity contribution is 5.92. The Labute approximate surface area is 128 Å². The van der Waals surface area contributed by atoms with Crippen LogP contribution >= 0.6 is 0 Å². The molecule has 3 aromatic rings. The lowest BCUT2D eigenvalue weighted by atomic mass is 9.93. The van der Waals surface area contributed by atoms with Crippen molar-refractivity contribution < 1.29 is 4.79 Å². The van der Waals surface area contributed by atoms with Crippen LogP contribution in [0.15, 0.2) is 48.9 Å². The van der Waals surface area contributed by atoms with E-state index >= 15 is 0 Å². The van der Waals surface area contributed by atoms with Crippen molar-refractivity contribution in [3.8, 4) is 0 Å². The first-order valence-electron chi connectivity index (χ1n) is 7.42. The second-order valence-electron chi connectivity index (χ2n) is 5.69. The van der Waals surface area contributed by atoms with E-state index in [1.54, 1.807) is 12.3 Å². The van der Waals surface area contributed by atoms with Gasteiger partial charge in [-0.1, -0.05) is 6.07 Å². The number of carbonyl (C=O) groups is 1. The van der Waals surface area contributed by atoms with E-state index in [2.05, 4.69) is 21.0 Å². The van der Waals surface area contributed by atoms with Gasteiger partial charge < -0.3 is 9.88 Å². The molecular formula is C17H16N4O. The van der Waals surface area contributed by atoms with Gasteiger partial charge in [0.15, 0.2) is 0 Å². The number of carbonyl (C=O) groups excluding carboxylic acids is 1. The number of nitrogens with zero attached hydrogens (tertiary/aromatic N) is 3. The Bertz CT molecular complexity index is 806. The molecule has 0 saturated carbocycles. The summed E-state index contributed by atoms with van der Waals surface area (Å²) in [5.74, 6) is 0.483. The highest BCUT2D eigenvalue weighted by Gasteiger charge is 2.32. The van der Waals surface area contributed by atoms with E-state index in [0.717, 1.165) is 30.7 Å². The maximum atomic E-state index is 12.2. The van der Waals surface area contributed by atoms with Gasteiger partial charge in [-0.25, -0.2) is 0 Å². The van der Waals surface area contributed by atoms with E-state index in [9.17, 15) is 4.79 Å².